The number of imide groups is 1. The van der Waals surface area contributed by atoms with Gasteiger partial charge in [0, 0.05) is 26.7 Å². The maximum Gasteiger partial charge on any atom is 0.277 e. The minimum absolute atomic E-state index is 0.130. The number of hydrogen-bond acceptors (Lipinski definition) is 4. The second-order valence-electron chi connectivity index (χ2n) is 7.47. The highest BCUT2D eigenvalue weighted by atomic mass is 16.5. The van der Waals surface area contributed by atoms with Crippen LogP contribution in [0.25, 0.3) is 5.57 Å². The minimum atomic E-state index is -0.239. The van der Waals surface area contributed by atoms with Crippen LogP contribution in [0, 0.1) is 0 Å². The molecule has 2 aromatic carbocycles. The molecule has 1 aliphatic heterocycles. The number of nitrogens with zero attached hydrogens (tertiary/aromatic N) is 2. The molecule has 29 heavy (non-hydrogen) atoms. The Kier molecular flexibility index (Phi) is 6.83. The van der Waals surface area contributed by atoms with Crippen molar-refractivity contribution in [1.82, 2.24) is 9.80 Å². The Morgan fingerprint density at radius 2 is 1.55 bits per heavy atom. The third kappa shape index (κ3) is 4.93. The highest BCUT2D eigenvalue weighted by Gasteiger charge is 2.40. The molecule has 0 atom stereocenters. The van der Waals surface area contributed by atoms with Gasteiger partial charge < -0.3 is 9.64 Å². The molecular formula is C24H28N2O3. The first kappa shape index (κ1) is 20.8. The average Bonchev–Trinajstić information content (AvgIpc) is 2.97. The molecule has 152 valence electrons. The number of amides is 2. The van der Waals surface area contributed by atoms with E-state index in [4.69, 9.17) is 4.74 Å². The Balaban J connectivity index is 1.86. The molecule has 3 rings (SSSR count). The predicted octanol–water partition coefficient (Wildman–Crippen LogP) is 3.71. The van der Waals surface area contributed by atoms with E-state index in [1.807, 2.05) is 86.5 Å². The molecule has 0 unspecified atom stereocenters. The van der Waals surface area contributed by atoms with Gasteiger partial charge in [0.2, 0.25) is 0 Å². The van der Waals surface area contributed by atoms with Crippen molar-refractivity contribution in [1.29, 1.82) is 0 Å². The van der Waals surface area contributed by atoms with Crippen molar-refractivity contribution in [3.05, 3.63) is 77.5 Å². The van der Waals surface area contributed by atoms with Crippen molar-refractivity contribution in [3.8, 4) is 0 Å². The Morgan fingerprint density at radius 3 is 2.17 bits per heavy atom. The fourth-order valence-corrected chi connectivity index (χ4v) is 3.46. The molecule has 2 amide bonds. The predicted molar refractivity (Wildman–Crippen MR) is 114 cm³/mol. The molecule has 1 aliphatic rings. The van der Waals surface area contributed by atoms with Gasteiger partial charge in [0.1, 0.15) is 5.70 Å². The first-order chi connectivity index (χ1) is 14.0. The number of rotatable bonds is 9. The van der Waals surface area contributed by atoms with Gasteiger partial charge in [-0.05, 0) is 31.4 Å². The highest BCUT2D eigenvalue weighted by molar-refractivity contribution is 6.35. The van der Waals surface area contributed by atoms with Gasteiger partial charge in [0.05, 0.1) is 11.7 Å². The van der Waals surface area contributed by atoms with E-state index >= 15 is 0 Å². The fourth-order valence-electron chi connectivity index (χ4n) is 3.46. The third-order valence-electron chi connectivity index (χ3n) is 4.83. The van der Waals surface area contributed by atoms with Crippen LogP contribution in [0.5, 0.6) is 0 Å². The maximum atomic E-state index is 13.2. The van der Waals surface area contributed by atoms with Gasteiger partial charge in [0.15, 0.2) is 0 Å². The topological polar surface area (TPSA) is 49.9 Å². The van der Waals surface area contributed by atoms with Gasteiger partial charge in [-0.15, -0.1) is 0 Å². The minimum Gasteiger partial charge on any atom is -0.379 e. The van der Waals surface area contributed by atoms with E-state index in [0.29, 0.717) is 37.4 Å². The van der Waals surface area contributed by atoms with Gasteiger partial charge in [-0.2, -0.15) is 0 Å². The standard InChI is InChI=1S/C24H28N2O3/c1-18(2)29-16-10-15-26-23(27)21(20-13-8-5-9-14-20)22(24(26)28)25(3)17-19-11-6-4-7-12-19/h4-9,11-14,18H,10,15-17H2,1-3H3. The lowest BCUT2D eigenvalue weighted by atomic mass is 10.0. The normalized spacial score (nSPS) is 14.3. The van der Waals surface area contributed by atoms with E-state index in [9.17, 15) is 9.59 Å². The number of hydrogen-bond donors (Lipinski definition) is 0. The van der Waals surface area contributed by atoms with Crippen molar-refractivity contribution in [2.24, 2.45) is 0 Å². The zero-order valence-electron chi connectivity index (χ0n) is 17.3. The first-order valence-corrected chi connectivity index (χ1v) is 10.0. The molecule has 5 heteroatoms. The fraction of sp³-hybridized carbons (Fsp3) is 0.333. The number of likely N-dealkylation sites (N-methyl/N-ethyl adjacent to an activating group) is 1. The zero-order valence-corrected chi connectivity index (χ0v) is 17.3. The summed E-state index contributed by atoms with van der Waals surface area (Å²) >= 11 is 0. The quantitative estimate of drug-likeness (QED) is 0.482. The van der Waals surface area contributed by atoms with Crippen molar-refractivity contribution in [3.63, 3.8) is 0 Å². The first-order valence-electron chi connectivity index (χ1n) is 10.0. The van der Waals surface area contributed by atoms with Crippen molar-refractivity contribution >= 4 is 17.4 Å². The Bertz CT molecular complexity index is 876. The van der Waals surface area contributed by atoms with E-state index in [2.05, 4.69) is 0 Å². The summed E-state index contributed by atoms with van der Waals surface area (Å²) in [5.41, 5.74) is 2.77. The van der Waals surface area contributed by atoms with Crippen LogP contribution in [0.15, 0.2) is 66.4 Å². The lowest BCUT2D eigenvalue weighted by molar-refractivity contribution is -0.137. The summed E-state index contributed by atoms with van der Waals surface area (Å²) in [6, 6.07) is 19.4. The number of carbonyl (C=O) groups excluding carboxylic acids is 2. The van der Waals surface area contributed by atoms with Crippen LogP contribution >= 0.6 is 0 Å². The largest absolute Gasteiger partial charge is 0.379 e. The molecule has 0 saturated heterocycles. The average molecular weight is 392 g/mol. The van der Waals surface area contributed by atoms with Crippen LogP contribution in [0.4, 0.5) is 0 Å². The molecule has 0 saturated carbocycles. The van der Waals surface area contributed by atoms with E-state index in [-0.39, 0.29) is 17.9 Å². The van der Waals surface area contributed by atoms with Crippen molar-refractivity contribution in [2.45, 2.75) is 32.9 Å². The van der Waals surface area contributed by atoms with Crippen LogP contribution in [-0.4, -0.2) is 47.9 Å². The molecular weight excluding hydrogens is 364 g/mol. The molecule has 5 nitrogen and oxygen atoms in total. The number of benzene rings is 2. The second-order valence-corrected chi connectivity index (χ2v) is 7.47. The summed E-state index contributed by atoms with van der Waals surface area (Å²) in [7, 11) is 1.86. The monoisotopic (exact) mass is 392 g/mol. The van der Waals surface area contributed by atoms with Crippen molar-refractivity contribution in [2.75, 3.05) is 20.2 Å². The second kappa shape index (κ2) is 9.52. The summed E-state index contributed by atoms with van der Waals surface area (Å²) in [5, 5.41) is 0. The van der Waals surface area contributed by atoms with Gasteiger partial charge in [-0.3, -0.25) is 14.5 Å². The smallest absolute Gasteiger partial charge is 0.277 e. The summed E-state index contributed by atoms with van der Waals surface area (Å²) in [5.74, 6) is -0.475. The van der Waals surface area contributed by atoms with Gasteiger partial charge in [-0.1, -0.05) is 60.7 Å². The maximum absolute atomic E-state index is 13.2. The number of carbonyl (C=O) groups is 2. The van der Waals surface area contributed by atoms with Gasteiger partial charge in [0.25, 0.3) is 11.8 Å². The molecule has 0 N–H and O–H groups in total. The van der Waals surface area contributed by atoms with Crippen LogP contribution < -0.4 is 0 Å². The zero-order chi connectivity index (χ0) is 20.8. The molecule has 0 fully saturated rings. The van der Waals surface area contributed by atoms with Crippen LogP contribution in [0.2, 0.25) is 0 Å². The molecule has 1 heterocycles. The summed E-state index contributed by atoms with van der Waals surface area (Å²) in [6.07, 6.45) is 0.749. The van der Waals surface area contributed by atoms with Gasteiger partial charge >= 0.3 is 0 Å². The van der Waals surface area contributed by atoms with Crippen LogP contribution in [-0.2, 0) is 20.9 Å². The Labute approximate surface area is 172 Å². The molecule has 0 aromatic heterocycles. The lowest BCUT2D eigenvalue weighted by Crippen LogP contribution is -2.35. The van der Waals surface area contributed by atoms with Crippen LogP contribution in [0.1, 0.15) is 31.4 Å². The molecule has 0 aliphatic carbocycles. The van der Waals surface area contributed by atoms with E-state index in [1.54, 1.807) is 0 Å². The summed E-state index contributed by atoms with van der Waals surface area (Å²) in [4.78, 5) is 29.6. The van der Waals surface area contributed by atoms with E-state index in [1.165, 1.54) is 4.90 Å². The lowest BCUT2D eigenvalue weighted by Gasteiger charge is -2.21. The van der Waals surface area contributed by atoms with Gasteiger partial charge in [-0.25, -0.2) is 0 Å². The number of ether oxygens (including phenoxy) is 1. The molecule has 2 aromatic rings. The Morgan fingerprint density at radius 1 is 0.931 bits per heavy atom. The SMILES string of the molecule is CC(C)OCCCN1C(=O)C(c2ccccc2)=C(N(C)Cc2ccccc2)C1=O. The third-order valence-corrected chi connectivity index (χ3v) is 4.83. The molecule has 0 spiro atoms. The van der Waals surface area contributed by atoms with E-state index in [0.717, 1.165) is 11.1 Å². The Hall–Kier alpha value is -2.92. The molecule has 0 radical (unpaired) electrons. The summed E-state index contributed by atoms with van der Waals surface area (Å²) in [6.45, 7) is 5.36. The van der Waals surface area contributed by atoms with Crippen molar-refractivity contribution < 1.29 is 14.3 Å². The molecule has 0 bridgehead atoms. The highest BCUT2D eigenvalue weighted by Crippen LogP contribution is 2.31. The van der Waals surface area contributed by atoms with Crippen LogP contribution in [0.3, 0.4) is 0 Å². The summed E-state index contributed by atoms with van der Waals surface area (Å²) < 4.78 is 5.56. The van der Waals surface area contributed by atoms with E-state index < -0.39 is 0 Å².